The van der Waals surface area contributed by atoms with Gasteiger partial charge in [-0.1, -0.05) is 30.3 Å². The van der Waals surface area contributed by atoms with Gasteiger partial charge in [0, 0.05) is 13.7 Å². The normalized spacial score (nSPS) is 12.8. The standard InChI is InChI=1S/C15H23NO5S/c1-20-12-15(17)16-10-8-14(9-11-21-22(2,18)19)13-6-4-3-5-7-13/h3-7,14H,8-12H2,1-2H3,(H,16,17)/t14-/m0/s1. The minimum Gasteiger partial charge on any atom is -0.375 e. The van der Waals surface area contributed by atoms with Crippen LogP contribution in [0.2, 0.25) is 0 Å². The Morgan fingerprint density at radius 2 is 1.91 bits per heavy atom. The predicted octanol–water partition coefficient (Wildman–Crippen LogP) is 1.29. The average molecular weight is 329 g/mol. The maximum absolute atomic E-state index is 11.4. The summed E-state index contributed by atoms with van der Waals surface area (Å²) in [6.45, 7) is 0.665. The average Bonchev–Trinajstić information content (AvgIpc) is 2.45. The third-order valence-electron chi connectivity index (χ3n) is 3.13. The van der Waals surface area contributed by atoms with Gasteiger partial charge < -0.3 is 10.1 Å². The SMILES string of the molecule is COCC(=O)NCC[C@@H](CCOS(C)(=O)=O)c1ccccc1. The van der Waals surface area contributed by atoms with Gasteiger partial charge in [0.25, 0.3) is 10.1 Å². The first-order chi connectivity index (χ1) is 10.4. The fraction of sp³-hybridized carbons (Fsp3) is 0.533. The van der Waals surface area contributed by atoms with E-state index >= 15 is 0 Å². The highest BCUT2D eigenvalue weighted by Crippen LogP contribution is 2.23. The van der Waals surface area contributed by atoms with E-state index in [0.717, 1.165) is 11.8 Å². The van der Waals surface area contributed by atoms with Crippen molar-refractivity contribution in [3.63, 3.8) is 0 Å². The maximum atomic E-state index is 11.4. The molecular weight excluding hydrogens is 306 g/mol. The minimum atomic E-state index is -3.43. The zero-order valence-electron chi connectivity index (χ0n) is 12.9. The fourth-order valence-electron chi connectivity index (χ4n) is 2.11. The summed E-state index contributed by atoms with van der Waals surface area (Å²) in [5.74, 6) is -0.0486. The van der Waals surface area contributed by atoms with Crippen molar-refractivity contribution in [1.29, 1.82) is 0 Å². The zero-order chi connectivity index (χ0) is 16.4. The van der Waals surface area contributed by atoms with Crippen LogP contribution in [0.4, 0.5) is 0 Å². The van der Waals surface area contributed by atoms with Gasteiger partial charge in [0.05, 0.1) is 12.9 Å². The molecule has 0 unspecified atom stereocenters. The van der Waals surface area contributed by atoms with E-state index in [1.165, 1.54) is 7.11 Å². The number of ether oxygens (including phenoxy) is 1. The van der Waals surface area contributed by atoms with Crippen molar-refractivity contribution in [3.05, 3.63) is 35.9 Å². The summed E-state index contributed by atoms with van der Waals surface area (Å²) >= 11 is 0. The summed E-state index contributed by atoms with van der Waals surface area (Å²) in [7, 11) is -1.96. The summed E-state index contributed by atoms with van der Waals surface area (Å²) in [6.07, 6.45) is 2.30. The Morgan fingerprint density at radius 1 is 1.23 bits per heavy atom. The molecule has 0 bridgehead atoms. The fourth-order valence-corrected chi connectivity index (χ4v) is 2.51. The summed E-state index contributed by atoms with van der Waals surface area (Å²) in [5, 5.41) is 2.77. The number of hydrogen-bond donors (Lipinski definition) is 1. The monoisotopic (exact) mass is 329 g/mol. The van der Waals surface area contributed by atoms with E-state index in [9.17, 15) is 13.2 Å². The highest BCUT2D eigenvalue weighted by Gasteiger charge is 2.13. The number of carbonyl (C=O) groups is 1. The van der Waals surface area contributed by atoms with Crippen molar-refractivity contribution in [2.45, 2.75) is 18.8 Å². The van der Waals surface area contributed by atoms with Gasteiger partial charge in [0.1, 0.15) is 6.61 Å². The van der Waals surface area contributed by atoms with Crippen LogP contribution in [0.15, 0.2) is 30.3 Å². The highest BCUT2D eigenvalue weighted by atomic mass is 32.2. The Balaban J connectivity index is 2.53. The molecule has 1 amide bonds. The van der Waals surface area contributed by atoms with E-state index in [1.54, 1.807) is 0 Å². The molecule has 1 aromatic rings. The number of hydrogen-bond acceptors (Lipinski definition) is 5. The Kier molecular flexibility index (Phi) is 8.08. The topological polar surface area (TPSA) is 81.7 Å². The van der Waals surface area contributed by atoms with Gasteiger partial charge >= 0.3 is 0 Å². The second kappa shape index (κ2) is 9.55. The molecule has 0 aliphatic rings. The first-order valence-corrected chi connectivity index (χ1v) is 8.89. The van der Waals surface area contributed by atoms with Crippen LogP contribution >= 0.6 is 0 Å². The molecule has 22 heavy (non-hydrogen) atoms. The lowest BCUT2D eigenvalue weighted by atomic mass is 9.93. The van der Waals surface area contributed by atoms with Gasteiger partial charge in [0.15, 0.2) is 0 Å². The van der Waals surface area contributed by atoms with Crippen LogP contribution in [-0.2, 0) is 23.8 Å². The molecule has 1 atom stereocenters. The Hall–Kier alpha value is -1.44. The van der Waals surface area contributed by atoms with E-state index < -0.39 is 10.1 Å². The number of nitrogens with one attached hydrogen (secondary N) is 1. The molecule has 0 radical (unpaired) electrons. The van der Waals surface area contributed by atoms with Gasteiger partial charge in [0.2, 0.25) is 5.91 Å². The van der Waals surface area contributed by atoms with Crippen molar-refractivity contribution in [2.24, 2.45) is 0 Å². The Bertz CT molecular complexity index is 544. The van der Waals surface area contributed by atoms with Crippen molar-refractivity contribution < 1.29 is 22.1 Å². The lowest BCUT2D eigenvalue weighted by Gasteiger charge is -2.17. The van der Waals surface area contributed by atoms with Crippen LogP contribution in [0, 0.1) is 0 Å². The number of rotatable bonds is 10. The van der Waals surface area contributed by atoms with Gasteiger partial charge in [-0.15, -0.1) is 0 Å². The number of benzene rings is 1. The van der Waals surface area contributed by atoms with Crippen molar-refractivity contribution in [3.8, 4) is 0 Å². The molecule has 6 nitrogen and oxygen atoms in total. The van der Waals surface area contributed by atoms with Gasteiger partial charge in [-0.25, -0.2) is 0 Å². The van der Waals surface area contributed by atoms with Crippen LogP contribution in [0.3, 0.4) is 0 Å². The molecule has 0 saturated heterocycles. The van der Waals surface area contributed by atoms with Gasteiger partial charge in [-0.2, -0.15) is 8.42 Å². The molecule has 0 aromatic heterocycles. The van der Waals surface area contributed by atoms with Crippen LogP contribution in [-0.4, -0.2) is 47.4 Å². The lowest BCUT2D eigenvalue weighted by molar-refractivity contribution is -0.124. The molecule has 1 rings (SSSR count). The van der Waals surface area contributed by atoms with Crippen molar-refractivity contribution >= 4 is 16.0 Å². The van der Waals surface area contributed by atoms with E-state index in [2.05, 4.69) is 5.32 Å². The Morgan fingerprint density at radius 3 is 2.50 bits per heavy atom. The van der Waals surface area contributed by atoms with Crippen molar-refractivity contribution in [2.75, 3.05) is 33.1 Å². The van der Waals surface area contributed by atoms with E-state index in [4.69, 9.17) is 8.92 Å². The quantitative estimate of drug-likeness (QED) is 0.654. The predicted molar refractivity (Wildman–Crippen MR) is 84.1 cm³/mol. The summed E-state index contributed by atoms with van der Waals surface area (Å²) in [6, 6.07) is 9.77. The van der Waals surface area contributed by atoms with Crippen LogP contribution < -0.4 is 5.32 Å². The first kappa shape index (κ1) is 18.6. The maximum Gasteiger partial charge on any atom is 0.264 e. The number of methoxy groups -OCH3 is 1. The second-order valence-electron chi connectivity index (χ2n) is 4.99. The molecule has 0 fully saturated rings. The molecule has 7 heteroatoms. The molecule has 0 saturated carbocycles. The molecule has 1 N–H and O–H groups in total. The lowest BCUT2D eigenvalue weighted by Crippen LogP contribution is -2.29. The molecule has 0 aliphatic carbocycles. The largest absolute Gasteiger partial charge is 0.375 e. The Labute approximate surface area is 131 Å². The third-order valence-corrected chi connectivity index (χ3v) is 3.72. The van der Waals surface area contributed by atoms with Crippen LogP contribution in [0.25, 0.3) is 0 Å². The third kappa shape index (κ3) is 8.11. The van der Waals surface area contributed by atoms with Crippen LogP contribution in [0.5, 0.6) is 0 Å². The molecule has 0 aliphatic heterocycles. The molecular formula is C15H23NO5S. The second-order valence-corrected chi connectivity index (χ2v) is 6.64. The molecule has 0 heterocycles. The van der Waals surface area contributed by atoms with Crippen molar-refractivity contribution in [1.82, 2.24) is 5.32 Å². The summed E-state index contributed by atoms with van der Waals surface area (Å²) in [5.41, 5.74) is 1.10. The van der Waals surface area contributed by atoms with Gasteiger partial charge in [-0.3, -0.25) is 8.98 Å². The molecule has 124 valence electrons. The molecule has 1 aromatic carbocycles. The zero-order valence-corrected chi connectivity index (χ0v) is 13.8. The summed E-state index contributed by atoms with van der Waals surface area (Å²) < 4.78 is 31.6. The van der Waals surface area contributed by atoms with E-state index in [1.807, 2.05) is 30.3 Å². The van der Waals surface area contributed by atoms with E-state index in [0.29, 0.717) is 19.4 Å². The van der Waals surface area contributed by atoms with Gasteiger partial charge in [-0.05, 0) is 24.3 Å². The highest BCUT2D eigenvalue weighted by molar-refractivity contribution is 7.85. The first-order valence-electron chi connectivity index (χ1n) is 7.07. The number of amides is 1. The minimum absolute atomic E-state index is 0.0349. The number of carbonyl (C=O) groups excluding carboxylic acids is 1. The summed E-state index contributed by atoms with van der Waals surface area (Å²) in [4.78, 5) is 11.4. The van der Waals surface area contributed by atoms with E-state index in [-0.39, 0.29) is 25.0 Å². The smallest absolute Gasteiger partial charge is 0.264 e. The molecule has 0 spiro atoms. The van der Waals surface area contributed by atoms with Crippen LogP contribution in [0.1, 0.15) is 24.3 Å².